The van der Waals surface area contributed by atoms with Crippen LogP contribution in [0.5, 0.6) is 0 Å². The molecule has 2 rings (SSSR count). The van der Waals surface area contributed by atoms with Crippen molar-refractivity contribution >= 4 is 17.2 Å². The van der Waals surface area contributed by atoms with Gasteiger partial charge < -0.3 is 9.64 Å². The Morgan fingerprint density at radius 3 is 2.90 bits per heavy atom. The predicted octanol–water partition coefficient (Wildman–Crippen LogP) is 2.55. The molecule has 20 heavy (non-hydrogen) atoms. The molecule has 1 amide bonds. The minimum Gasteiger partial charge on any atom is -0.383 e. The Morgan fingerprint density at radius 1 is 1.55 bits per heavy atom. The van der Waals surface area contributed by atoms with Crippen molar-refractivity contribution in [3.05, 3.63) is 28.8 Å². The lowest BCUT2D eigenvalue weighted by atomic mass is 10.2. The first kappa shape index (κ1) is 14.7. The van der Waals surface area contributed by atoms with E-state index in [2.05, 4.69) is 23.2 Å². The topological polar surface area (TPSA) is 58.2 Å². The highest BCUT2D eigenvalue weighted by molar-refractivity contribution is 7.15. The monoisotopic (exact) mass is 293 g/mol. The number of aromatic amines is 1. The molecule has 2 aromatic rings. The number of ether oxygens (including phenoxy) is 1. The second-order valence-electron chi connectivity index (χ2n) is 4.80. The highest BCUT2D eigenvalue weighted by Crippen LogP contribution is 2.26. The molecule has 2 aromatic heterocycles. The Bertz CT molecular complexity index is 591. The van der Waals surface area contributed by atoms with E-state index >= 15 is 0 Å². The Hall–Kier alpha value is -1.66. The molecule has 108 valence electrons. The van der Waals surface area contributed by atoms with Crippen LogP contribution >= 0.6 is 11.3 Å². The Morgan fingerprint density at radius 2 is 2.30 bits per heavy atom. The molecule has 2 heterocycles. The molecule has 0 aliphatic carbocycles. The molecule has 0 unspecified atom stereocenters. The van der Waals surface area contributed by atoms with Crippen molar-refractivity contribution in [2.45, 2.75) is 19.9 Å². The van der Waals surface area contributed by atoms with Gasteiger partial charge in [0.1, 0.15) is 0 Å². The van der Waals surface area contributed by atoms with Crippen LogP contribution in [0.1, 0.15) is 22.3 Å². The van der Waals surface area contributed by atoms with Gasteiger partial charge in [0.2, 0.25) is 0 Å². The van der Waals surface area contributed by atoms with Crippen LogP contribution in [-0.2, 0) is 4.74 Å². The zero-order valence-electron chi connectivity index (χ0n) is 12.1. The van der Waals surface area contributed by atoms with Crippen molar-refractivity contribution < 1.29 is 9.53 Å². The van der Waals surface area contributed by atoms with E-state index in [1.165, 1.54) is 4.88 Å². The molecule has 0 radical (unpaired) electrons. The van der Waals surface area contributed by atoms with Crippen molar-refractivity contribution in [2.75, 3.05) is 20.8 Å². The Balaban J connectivity index is 2.14. The molecule has 0 aliphatic heterocycles. The summed E-state index contributed by atoms with van der Waals surface area (Å²) in [4.78, 5) is 16.3. The number of hydrogen-bond acceptors (Lipinski definition) is 4. The molecule has 0 saturated heterocycles. The third-order valence-corrected chi connectivity index (χ3v) is 4.23. The van der Waals surface area contributed by atoms with Gasteiger partial charge >= 0.3 is 0 Å². The van der Waals surface area contributed by atoms with Gasteiger partial charge in [-0.25, -0.2) is 0 Å². The average molecular weight is 293 g/mol. The standard InChI is InChI=1S/C14H19N3O2S/c1-9(8-19-4)17(3)14(18)12-7-11(15-16-12)13-6-5-10(2)20-13/h5-7,9H,8H2,1-4H3,(H,15,16)/t9-/m1/s1. The molecule has 6 heteroatoms. The van der Waals surface area contributed by atoms with E-state index in [9.17, 15) is 4.79 Å². The third-order valence-electron chi connectivity index (χ3n) is 3.19. The van der Waals surface area contributed by atoms with E-state index in [1.54, 1.807) is 36.5 Å². The smallest absolute Gasteiger partial charge is 0.274 e. The first-order chi connectivity index (χ1) is 9.52. The van der Waals surface area contributed by atoms with Crippen LogP contribution in [0.15, 0.2) is 18.2 Å². The fraction of sp³-hybridized carbons (Fsp3) is 0.429. The number of hydrogen-bond donors (Lipinski definition) is 1. The maximum absolute atomic E-state index is 12.3. The molecule has 5 nitrogen and oxygen atoms in total. The number of aromatic nitrogens is 2. The summed E-state index contributed by atoms with van der Waals surface area (Å²) in [7, 11) is 3.39. The first-order valence-corrected chi connectivity index (χ1v) is 7.23. The van der Waals surface area contributed by atoms with Crippen LogP contribution in [-0.4, -0.2) is 47.8 Å². The second-order valence-corrected chi connectivity index (χ2v) is 6.09. The van der Waals surface area contributed by atoms with E-state index < -0.39 is 0 Å². The zero-order chi connectivity index (χ0) is 14.7. The van der Waals surface area contributed by atoms with E-state index in [0.29, 0.717) is 12.3 Å². The molecule has 0 aliphatic rings. The third kappa shape index (κ3) is 3.08. The molecular weight excluding hydrogens is 274 g/mol. The maximum atomic E-state index is 12.3. The minimum absolute atomic E-state index is 0.0108. The largest absolute Gasteiger partial charge is 0.383 e. The van der Waals surface area contributed by atoms with E-state index in [4.69, 9.17) is 4.74 Å². The number of amides is 1. The summed E-state index contributed by atoms with van der Waals surface area (Å²) < 4.78 is 5.07. The van der Waals surface area contributed by atoms with Gasteiger partial charge in [0.15, 0.2) is 5.69 Å². The molecule has 0 bridgehead atoms. The van der Waals surface area contributed by atoms with Crippen LogP contribution in [0, 0.1) is 6.92 Å². The summed E-state index contributed by atoms with van der Waals surface area (Å²) in [6, 6.07) is 5.88. The highest BCUT2D eigenvalue weighted by Gasteiger charge is 2.20. The van der Waals surface area contributed by atoms with Gasteiger partial charge in [-0.3, -0.25) is 9.89 Å². The number of nitrogens with one attached hydrogen (secondary N) is 1. The second kappa shape index (κ2) is 6.19. The SMILES string of the molecule is COC[C@@H](C)N(C)C(=O)c1cc(-c2ccc(C)s2)[nH]n1. The van der Waals surface area contributed by atoms with Crippen molar-refractivity contribution in [2.24, 2.45) is 0 Å². The van der Waals surface area contributed by atoms with Crippen LogP contribution < -0.4 is 0 Å². The summed E-state index contributed by atoms with van der Waals surface area (Å²) in [5.74, 6) is -0.106. The van der Waals surface area contributed by atoms with Crippen LogP contribution in [0.4, 0.5) is 0 Å². The van der Waals surface area contributed by atoms with Crippen LogP contribution in [0.2, 0.25) is 0 Å². The molecular formula is C14H19N3O2S. The zero-order valence-corrected chi connectivity index (χ0v) is 13.0. The van der Waals surface area contributed by atoms with Gasteiger partial charge in [-0.2, -0.15) is 5.10 Å². The molecule has 1 atom stereocenters. The van der Waals surface area contributed by atoms with Gasteiger partial charge in [0.25, 0.3) is 5.91 Å². The average Bonchev–Trinajstić information content (AvgIpc) is 3.05. The van der Waals surface area contributed by atoms with Crippen molar-refractivity contribution in [1.82, 2.24) is 15.1 Å². The lowest BCUT2D eigenvalue weighted by Gasteiger charge is -2.23. The maximum Gasteiger partial charge on any atom is 0.274 e. The number of H-pyrrole nitrogens is 1. The number of aryl methyl sites for hydroxylation is 1. The van der Waals surface area contributed by atoms with E-state index in [1.807, 2.05) is 13.0 Å². The summed E-state index contributed by atoms with van der Waals surface area (Å²) in [6.07, 6.45) is 0. The lowest BCUT2D eigenvalue weighted by molar-refractivity contribution is 0.0628. The van der Waals surface area contributed by atoms with E-state index in [-0.39, 0.29) is 11.9 Å². The normalized spacial score (nSPS) is 12.4. The molecule has 0 aromatic carbocycles. The van der Waals surface area contributed by atoms with Gasteiger partial charge in [0, 0.05) is 19.0 Å². The minimum atomic E-state index is -0.106. The fourth-order valence-corrected chi connectivity index (χ4v) is 2.70. The number of likely N-dealkylation sites (N-methyl/N-ethyl adjacent to an activating group) is 1. The number of thiophene rings is 1. The summed E-state index contributed by atoms with van der Waals surface area (Å²) in [5.41, 5.74) is 1.30. The highest BCUT2D eigenvalue weighted by atomic mass is 32.1. The molecule has 1 N–H and O–H groups in total. The van der Waals surface area contributed by atoms with Gasteiger partial charge in [-0.1, -0.05) is 0 Å². The Kier molecular flexibility index (Phi) is 4.57. The molecule has 0 saturated carbocycles. The van der Waals surface area contributed by atoms with Crippen LogP contribution in [0.25, 0.3) is 10.6 Å². The summed E-state index contributed by atoms with van der Waals surface area (Å²) in [6.45, 7) is 4.50. The molecule has 0 spiro atoms. The van der Waals surface area contributed by atoms with Gasteiger partial charge in [-0.05, 0) is 32.0 Å². The fourth-order valence-electron chi connectivity index (χ4n) is 1.87. The number of rotatable bonds is 5. The number of methoxy groups -OCH3 is 1. The number of carbonyl (C=O) groups excluding carboxylic acids is 1. The summed E-state index contributed by atoms with van der Waals surface area (Å²) in [5, 5.41) is 7.04. The van der Waals surface area contributed by atoms with Gasteiger partial charge in [0.05, 0.1) is 23.2 Å². The van der Waals surface area contributed by atoms with Crippen LogP contribution in [0.3, 0.4) is 0 Å². The van der Waals surface area contributed by atoms with Crippen molar-refractivity contribution in [1.29, 1.82) is 0 Å². The van der Waals surface area contributed by atoms with Crippen molar-refractivity contribution in [3.63, 3.8) is 0 Å². The number of carbonyl (C=O) groups is 1. The lowest BCUT2D eigenvalue weighted by Crippen LogP contribution is -2.38. The Labute approximate surface area is 122 Å². The molecule has 0 fully saturated rings. The predicted molar refractivity (Wildman–Crippen MR) is 80.1 cm³/mol. The quantitative estimate of drug-likeness (QED) is 0.921. The van der Waals surface area contributed by atoms with Crippen molar-refractivity contribution in [3.8, 4) is 10.6 Å². The first-order valence-electron chi connectivity index (χ1n) is 6.41. The number of nitrogens with zero attached hydrogens (tertiary/aromatic N) is 2. The van der Waals surface area contributed by atoms with E-state index in [0.717, 1.165) is 10.6 Å². The summed E-state index contributed by atoms with van der Waals surface area (Å²) >= 11 is 1.67. The van der Waals surface area contributed by atoms with Gasteiger partial charge in [-0.15, -0.1) is 11.3 Å².